The van der Waals surface area contributed by atoms with E-state index in [-0.39, 0.29) is 5.41 Å². The Hall–Kier alpha value is -7.52. The fourth-order valence-electron chi connectivity index (χ4n) is 10.5. The van der Waals surface area contributed by atoms with E-state index in [9.17, 15) is 0 Å². The van der Waals surface area contributed by atoms with Gasteiger partial charge in [0, 0.05) is 48.0 Å². The normalized spacial score (nSPS) is 12.7. The number of rotatable bonds is 7. The lowest BCUT2D eigenvalue weighted by Crippen LogP contribution is -2.16. The summed E-state index contributed by atoms with van der Waals surface area (Å²) in [6.07, 6.45) is 0. The molecule has 1 aromatic heterocycles. The van der Waals surface area contributed by atoms with Crippen LogP contribution in [0.3, 0.4) is 0 Å². The molecule has 1 heterocycles. The molecule has 1 aliphatic carbocycles. The Kier molecular flexibility index (Phi) is 8.77. The second-order valence-corrected chi connectivity index (χ2v) is 18.2. The molecular weight excluding hydrogens is 779 g/mol. The molecule has 0 atom stereocenters. The highest BCUT2D eigenvalue weighted by atomic mass is 32.1. The molecule has 0 bridgehead atoms. The number of fused-ring (bicyclic) bond motifs is 7. The van der Waals surface area contributed by atoms with Gasteiger partial charge in [0.15, 0.2) is 0 Å². The predicted molar refractivity (Wildman–Crippen MR) is 271 cm³/mol. The summed E-state index contributed by atoms with van der Waals surface area (Å²) >= 11 is 1.88. The number of hydrogen-bond donors (Lipinski definition) is 0. The van der Waals surface area contributed by atoms with Crippen molar-refractivity contribution in [1.29, 1.82) is 0 Å². The molecular formula is C61H43NS. The number of para-hydroxylation sites is 2. The van der Waals surface area contributed by atoms with Gasteiger partial charge in [0.25, 0.3) is 0 Å². The lowest BCUT2D eigenvalue weighted by atomic mass is 9.79. The molecule has 0 saturated carbocycles. The van der Waals surface area contributed by atoms with Crippen LogP contribution in [0, 0.1) is 0 Å². The summed E-state index contributed by atoms with van der Waals surface area (Å²) in [5, 5.41) is 5.06. The molecule has 10 aromatic carbocycles. The highest BCUT2D eigenvalue weighted by Gasteiger charge is 2.37. The van der Waals surface area contributed by atoms with Crippen LogP contribution in [0.2, 0.25) is 0 Å². The van der Waals surface area contributed by atoms with Gasteiger partial charge in [-0.15, -0.1) is 11.3 Å². The minimum absolute atomic E-state index is 0.148. The van der Waals surface area contributed by atoms with Gasteiger partial charge in [-0.3, -0.25) is 0 Å². The van der Waals surface area contributed by atoms with Crippen molar-refractivity contribution in [2.24, 2.45) is 0 Å². The molecule has 1 nitrogen and oxygen atoms in total. The zero-order valence-electron chi connectivity index (χ0n) is 35.2. The van der Waals surface area contributed by atoms with Crippen LogP contribution in [-0.4, -0.2) is 0 Å². The molecule has 0 unspecified atom stereocenters. The van der Waals surface area contributed by atoms with Crippen LogP contribution >= 0.6 is 11.3 Å². The molecule has 0 saturated heterocycles. The zero-order chi connectivity index (χ0) is 42.1. The quantitative estimate of drug-likeness (QED) is 0.155. The number of anilines is 3. The van der Waals surface area contributed by atoms with Crippen LogP contribution in [0.5, 0.6) is 0 Å². The van der Waals surface area contributed by atoms with Crippen molar-refractivity contribution in [3.05, 3.63) is 236 Å². The summed E-state index contributed by atoms with van der Waals surface area (Å²) in [7, 11) is 0. The van der Waals surface area contributed by atoms with E-state index < -0.39 is 0 Å². The minimum atomic E-state index is -0.148. The summed E-state index contributed by atoms with van der Waals surface area (Å²) in [5.74, 6) is 0. The number of hydrogen-bond acceptors (Lipinski definition) is 2. The first-order chi connectivity index (χ1) is 31.0. The molecule has 0 N–H and O–H groups in total. The van der Waals surface area contributed by atoms with Crippen LogP contribution in [0.15, 0.2) is 224 Å². The second kappa shape index (κ2) is 14.8. The van der Waals surface area contributed by atoms with Crippen LogP contribution in [0.4, 0.5) is 17.1 Å². The topological polar surface area (TPSA) is 3.24 Å². The van der Waals surface area contributed by atoms with Crippen LogP contribution in [-0.2, 0) is 5.41 Å². The van der Waals surface area contributed by atoms with E-state index >= 15 is 0 Å². The van der Waals surface area contributed by atoms with Crippen molar-refractivity contribution in [2.75, 3.05) is 4.90 Å². The van der Waals surface area contributed by atoms with Crippen LogP contribution in [0.25, 0.3) is 86.6 Å². The van der Waals surface area contributed by atoms with Crippen molar-refractivity contribution in [3.8, 4) is 55.6 Å². The van der Waals surface area contributed by atoms with Gasteiger partial charge in [-0.25, -0.2) is 0 Å². The van der Waals surface area contributed by atoms with E-state index in [1.165, 1.54) is 97.7 Å². The third-order valence-corrected chi connectivity index (χ3v) is 14.5. The Bertz CT molecular complexity index is 3550. The van der Waals surface area contributed by atoms with Crippen LogP contribution < -0.4 is 4.90 Å². The number of benzene rings is 10. The Morgan fingerprint density at radius 1 is 0.381 bits per heavy atom. The van der Waals surface area contributed by atoms with Crippen molar-refractivity contribution in [1.82, 2.24) is 0 Å². The maximum absolute atomic E-state index is 2.52. The number of nitrogens with zero attached hydrogens (tertiary/aromatic N) is 1. The van der Waals surface area contributed by atoms with Gasteiger partial charge in [-0.1, -0.05) is 208 Å². The predicted octanol–water partition coefficient (Wildman–Crippen LogP) is 17.7. The van der Waals surface area contributed by atoms with Crippen LogP contribution in [0.1, 0.15) is 25.0 Å². The first kappa shape index (κ1) is 37.3. The van der Waals surface area contributed by atoms with Gasteiger partial charge in [0.2, 0.25) is 0 Å². The van der Waals surface area contributed by atoms with Gasteiger partial charge in [0.05, 0.1) is 11.4 Å². The molecule has 0 radical (unpaired) electrons. The van der Waals surface area contributed by atoms with E-state index in [0.29, 0.717) is 0 Å². The lowest BCUT2D eigenvalue weighted by molar-refractivity contribution is 0.662. The van der Waals surface area contributed by atoms with E-state index in [0.717, 1.165) is 17.1 Å². The summed E-state index contributed by atoms with van der Waals surface area (Å²) in [6, 6.07) is 82.9. The molecule has 0 spiro atoms. The fourth-order valence-corrected chi connectivity index (χ4v) is 11.7. The monoisotopic (exact) mass is 821 g/mol. The van der Waals surface area contributed by atoms with Gasteiger partial charge in [-0.05, 0) is 91.2 Å². The smallest absolute Gasteiger partial charge is 0.0540 e. The van der Waals surface area contributed by atoms with Crippen molar-refractivity contribution < 1.29 is 0 Å². The van der Waals surface area contributed by atoms with Gasteiger partial charge in [-0.2, -0.15) is 0 Å². The van der Waals surface area contributed by atoms with Crippen molar-refractivity contribution in [3.63, 3.8) is 0 Å². The first-order valence-electron chi connectivity index (χ1n) is 21.8. The molecule has 0 fully saturated rings. The van der Waals surface area contributed by atoms with E-state index in [1.54, 1.807) is 0 Å². The molecule has 1 aliphatic rings. The second-order valence-electron chi connectivity index (χ2n) is 17.2. The molecule has 2 heteroatoms. The Morgan fingerprint density at radius 3 is 1.73 bits per heavy atom. The highest BCUT2D eigenvalue weighted by Crippen LogP contribution is 2.54. The third-order valence-electron chi connectivity index (χ3n) is 13.3. The fraction of sp³-hybridized carbons (Fsp3) is 0.0492. The summed E-state index contributed by atoms with van der Waals surface area (Å²) in [4.78, 5) is 2.52. The Balaban J connectivity index is 1.12. The lowest BCUT2D eigenvalue weighted by Gasteiger charge is -2.31. The zero-order valence-corrected chi connectivity index (χ0v) is 36.0. The average molecular weight is 822 g/mol. The van der Waals surface area contributed by atoms with E-state index in [4.69, 9.17) is 0 Å². The molecule has 63 heavy (non-hydrogen) atoms. The summed E-state index contributed by atoms with van der Waals surface area (Å²) < 4.78 is 2.61. The first-order valence-corrected chi connectivity index (χ1v) is 22.7. The molecule has 12 rings (SSSR count). The average Bonchev–Trinajstić information content (AvgIpc) is 3.84. The van der Waals surface area contributed by atoms with Crippen molar-refractivity contribution in [2.45, 2.75) is 19.3 Å². The third kappa shape index (κ3) is 5.97. The van der Waals surface area contributed by atoms with Crippen molar-refractivity contribution >= 4 is 59.3 Å². The van der Waals surface area contributed by atoms with Gasteiger partial charge >= 0.3 is 0 Å². The molecule has 298 valence electrons. The van der Waals surface area contributed by atoms with E-state index in [2.05, 4.69) is 243 Å². The largest absolute Gasteiger partial charge is 0.309 e. The summed E-state index contributed by atoms with van der Waals surface area (Å²) in [6.45, 7) is 4.76. The number of thiophene rings is 1. The molecule has 0 amide bonds. The Morgan fingerprint density at radius 2 is 0.921 bits per heavy atom. The maximum atomic E-state index is 2.52. The summed E-state index contributed by atoms with van der Waals surface area (Å²) in [5.41, 5.74) is 18.3. The van der Waals surface area contributed by atoms with Gasteiger partial charge in [0.1, 0.15) is 0 Å². The minimum Gasteiger partial charge on any atom is -0.309 e. The highest BCUT2D eigenvalue weighted by molar-refractivity contribution is 7.26. The molecule has 11 aromatic rings. The van der Waals surface area contributed by atoms with Gasteiger partial charge < -0.3 is 4.90 Å². The maximum Gasteiger partial charge on any atom is 0.0540 e. The Labute approximate surface area is 372 Å². The molecule has 0 aliphatic heterocycles. The SMILES string of the molecule is CC1(C)c2ccccc2-c2cccc(-c3cccc(N(c4ccccc4-c4cccc5c4sc4ccccc45)c4ccccc4-c4cccc5cccc(-c6ccccc6)c45)c3)c21. The standard InChI is InChI=1S/C61H43NS/c1-61(2)54-35-10-6-25-46(54)51-32-17-30-45(59(51)61)42-23-14-24-43(39-42)62(56-37-12-8-27-48(56)52-33-18-34-53-49-28-9-13-38-57(49)63-60(52)53)55-36-11-7-26-47(55)50-31-16-22-41-21-15-29-44(58(41)50)40-19-4-3-5-20-40/h3-39H,1-2H3. The van der Waals surface area contributed by atoms with E-state index in [1.807, 2.05) is 11.3 Å².